The van der Waals surface area contributed by atoms with E-state index in [9.17, 15) is 0 Å². The molecule has 0 aromatic rings. The van der Waals surface area contributed by atoms with E-state index in [2.05, 4.69) is 31.0 Å². The van der Waals surface area contributed by atoms with Crippen LogP contribution in [0.25, 0.3) is 0 Å². The van der Waals surface area contributed by atoms with Crippen LogP contribution < -0.4 is 5.32 Å². The number of hydrogen-bond donors (Lipinski definition) is 0. The lowest BCUT2D eigenvalue weighted by molar-refractivity contribution is 0.275. The first kappa shape index (κ1) is 10.9. The fraction of sp³-hybridized carbons (Fsp3) is 1.00. The average Bonchev–Trinajstić information content (AvgIpc) is 2.05. The van der Waals surface area contributed by atoms with Gasteiger partial charge in [-0.25, -0.2) is 5.32 Å². The molecule has 0 unspecified atom stereocenters. The Balaban J connectivity index is 3.07. The van der Waals surface area contributed by atoms with Gasteiger partial charge >= 0.3 is 0 Å². The summed E-state index contributed by atoms with van der Waals surface area (Å²) in [5.41, 5.74) is 0. The summed E-state index contributed by atoms with van der Waals surface area (Å²) < 4.78 is 0. The average molecular weight is 157 g/mol. The molecule has 0 bridgehead atoms. The van der Waals surface area contributed by atoms with Crippen molar-refractivity contribution in [3.63, 3.8) is 0 Å². The Kier molecular flexibility index (Phi) is 7.96. The molecule has 0 aromatic carbocycles. The fourth-order valence-corrected chi connectivity index (χ4v) is 0.906. The highest BCUT2D eigenvalue weighted by molar-refractivity contribution is 4.49. The second kappa shape index (κ2) is 8.02. The first-order valence-corrected chi connectivity index (χ1v) is 4.70. The maximum Gasteiger partial charge on any atom is 0.0648 e. The van der Waals surface area contributed by atoms with Gasteiger partial charge in [0.05, 0.1) is 6.67 Å². The molecule has 0 amide bonds. The van der Waals surface area contributed by atoms with Crippen LogP contribution in [0.1, 0.15) is 33.6 Å². The highest BCUT2D eigenvalue weighted by Crippen LogP contribution is 1.87. The molecule has 11 heavy (non-hydrogen) atoms. The van der Waals surface area contributed by atoms with E-state index >= 15 is 0 Å². The predicted molar refractivity (Wildman–Crippen MR) is 49.7 cm³/mol. The van der Waals surface area contributed by atoms with Crippen molar-refractivity contribution >= 4 is 0 Å². The topological polar surface area (TPSA) is 17.3 Å². The minimum atomic E-state index is 0.924. The summed E-state index contributed by atoms with van der Waals surface area (Å²) in [4.78, 5) is 2.33. The van der Waals surface area contributed by atoms with Crippen LogP contribution in [0.5, 0.6) is 0 Å². The van der Waals surface area contributed by atoms with Gasteiger partial charge in [0.1, 0.15) is 0 Å². The summed E-state index contributed by atoms with van der Waals surface area (Å²) in [5, 5.41) is 4.43. The lowest BCUT2D eigenvalue weighted by Crippen LogP contribution is -2.30. The number of hydrogen-bond acceptors (Lipinski definition) is 1. The van der Waals surface area contributed by atoms with Gasteiger partial charge in [0.2, 0.25) is 0 Å². The van der Waals surface area contributed by atoms with Gasteiger partial charge in [-0.15, -0.1) is 0 Å². The molecule has 0 aliphatic carbocycles. The van der Waals surface area contributed by atoms with E-state index in [0.29, 0.717) is 0 Å². The summed E-state index contributed by atoms with van der Waals surface area (Å²) in [6, 6.07) is 0. The third-order valence-electron chi connectivity index (χ3n) is 1.86. The first-order valence-electron chi connectivity index (χ1n) is 4.70. The normalized spacial score (nSPS) is 10.9. The Labute approximate surface area is 71.0 Å². The predicted octanol–water partition coefficient (Wildman–Crippen LogP) is 1.69. The van der Waals surface area contributed by atoms with E-state index in [1.165, 1.54) is 12.8 Å². The van der Waals surface area contributed by atoms with Gasteiger partial charge < -0.3 is 0 Å². The van der Waals surface area contributed by atoms with Crippen LogP contribution in [0.4, 0.5) is 0 Å². The van der Waals surface area contributed by atoms with Crippen LogP contribution in [-0.2, 0) is 0 Å². The Bertz CT molecular complexity index is 70.0. The van der Waals surface area contributed by atoms with Crippen molar-refractivity contribution < 1.29 is 0 Å². The Morgan fingerprint density at radius 2 is 1.73 bits per heavy atom. The summed E-state index contributed by atoms with van der Waals surface area (Å²) in [7, 11) is 0. The zero-order valence-corrected chi connectivity index (χ0v) is 8.14. The van der Waals surface area contributed by atoms with Gasteiger partial charge in [0.15, 0.2) is 0 Å². The summed E-state index contributed by atoms with van der Waals surface area (Å²) in [5.74, 6) is 0. The molecule has 0 fully saturated rings. The minimum absolute atomic E-state index is 0.924. The molecule has 67 valence electrons. The number of nitrogens with zero attached hydrogens (tertiary/aromatic N) is 2. The van der Waals surface area contributed by atoms with E-state index in [1.807, 2.05) is 0 Å². The first-order chi connectivity index (χ1) is 5.35. The maximum absolute atomic E-state index is 4.43. The zero-order valence-electron chi connectivity index (χ0n) is 8.14. The van der Waals surface area contributed by atoms with Gasteiger partial charge in [0, 0.05) is 6.54 Å². The van der Waals surface area contributed by atoms with E-state index in [0.717, 1.165) is 26.3 Å². The van der Waals surface area contributed by atoms with Crippen LogP contribution in [0.3, 0.4) is 0 Å². The van der Waals surface area contributed by atoms with Crippen LogP contribution >= 0.6 is 0 Å². The lowest BCUT2D eigenvalue weighted by atomic mass is 10.3. The van der Waals surface area contributed by atoms with E-state index in [4.69, 9.17) is 0 Å². The second-order valence-electron chi connectivity index (χ2n) is 2.75. The third-order valence-corrected chi connectivity index (χ3v) is 1.86. The molecule has 0 rings (SSSR count). The van der Waals surface area contributed by atoms with Gasteiger partial charge in [-0.05, 0) is 19.5 Å². The van der Waals surface area contributed by atoms with Gasteiger partial charge in [-0.3, -0.25) is 4.90 Å². The van der Waals surface area contributed by atoms with Crippen molar-refractivity contribution in [1.82, 2.24) is 10.2 Å². The SMILES string of the molecule is CCCC[N]CN(CC)CC. The van der Waals surface area contributed by atoms with Crippen molar-refractivity contribution in [1.29, 1.82) is 0 Å². The van der Waals surface area contributed by atoms with Crippen LogP contribution in [0.2, 0.25) is 0 Å². The van der Waals surface area contributed by atoms with Crippen LogP contribution in [-0.4, -0.2) is 31.2 Å². The molecule has 0 aliphatic rings. The quantitative estimate of drug-likeness (QED) is 0.514. The zero-order chi connectivity index (χ0) is 8.53. The second-order valence-corrected chi connectivity index (χ2v) is 2.75. The van der Waals surface area contributed by atoms with Crippen molar-refractivity contribution in [3.05, 3.63) is 0 Å². The summed E-state index contributed by atoms with van der Waals surface area (Å²) in [6.07, 6.45) is 2.49. The Hall–Kier alpha value is -0.0800. The van der Waals surface area contributed by atoms with Crippen molar-refractivity contribution in [2.24, 2.45) is 0 Å². The molecule has 0 atom stereocenters. The Morgan fingerprint density at radius 3 is 2.18 bits per heavy atom. The fourth-order valence-electron chi connectivity index (χ4n) is 0.906. The lowest BCUT2D eigenvalue weighted by Gasteiger charge is -2.16. The molecule has 0 aromatic heterocycles. The highest BCUT2D eigenvalue weighted by Gasteiger charge is 1.96. The number of rotatable bonds is 7. The molecule has 0 heterocycles. The Morgan fingerprint density at radius 1 is 1.09 bits per heavy atom. The molecule has 2 heteroatoms. The van der Waals surface area contributed by atoms with Crippen LogP contribution in [0, 0.1) is 0 Å². The third kappa shape index (κ3) is 6.32. The minimum Gasteiger partial charge on any atom is -0.290 e. The molecular formula is C9H21N2. The van der Waals surface area contributed by atoms with Crippen molar-refractivity contribution in [3.8, 4) is 0 Å². The smallest absolute Gasteiger partial charge is 0.0648 e. The van der Waals surface area contributed by atoms with Gasteiger partial charge in [-0.1, -0.05) is 27.2 Å². The maximum atomic E-state index is 4.43. The van der Waals surface area contributed by atoms with Gasteiger partial charge in [0.25, 0.3) is 0 Å². The standard InChI is InChI=1S/C9H21N2/c1-4-7-8-10-9-11(5-2)6-3/h4-9H2,1-3H3. The largest absolute Gasteiger partial charge is 0.290 e. The highest BCUT2D eigenvalue weighted by atomic mass is 15.2. The van der Waals surface area contributed by atoms with E-state index in [1.54, 1.807) is 0 Å². The van der Waals surface area contributed by atoms with Gasteiger partial charge in [-0.2, -0.15) is 0 Å². The number of unbranched alkanes of at least 4 members (excludes halogenated alkanes) is 1. The van der Waals surface area contributed by atoms with Crippen LogP contribution in [0.15, 0.2) is 0 Å². The van der Waals surface area contributed by atoms with E-state index in [-0.39, 0.29) is 0 Å². The van der Waals surface area contributed by atoms with Crippen molar-refractivity contribution in [2.75, 3.05) is 26.3 Å². The van der Waals surface area contributed by atoms with Crippen molar-refractivity contribution in [2.45, 2.75) is 33.6 Å². The molecule has 0 saturated heterocycles. The monoisotopic (exact) mass is 157 g/mol. The summed E-state index contributed by atoms with van der Waals surface area (Å²) in [6.45, 7) is 10.8. The molecular weight excluding hydrogens is 136 g/mol. The van der Waals surface area contributed by atoms with E-state index < -0.39 is 0 Å². The molecule has 0 aliphatic heterocycles. The summed E-state index contributed by atoms with van der Waals surface area (Å²) >= 11 is 0. The molecule has 2 nitrogen and oxygen atoms in total. The molecule has 0 saturated carbocycles. The molecule has 1 radical (unpaired) electrons. The molecule has 0 N–H and O–H groups in total. The molecule has 0 spiro atoms.